The van der Waals surface area contributed by atoms with Crippen LogP contribution in [0, 0.1) is 11.6 Å². The molecule has 29 heavy (non-hydrogen) atoms. The summed E-state index contributed by atoms with van der Waals surface area (Å²) in [5.74, 6) is -0.992. The second kappa shape index (κ2) is 9.19. The average Bonchev–Trinajstić information content (AvgIpc) is 2.72. The van der Waals surface area contributed by atoms with Crippen molar-refractivity contribution in [2.24, 2.45) is 0 Å². The van der Waals surface area contributed by atoms with Crippen molar-refractivity contribution in [2.75, 3.05) is 39.3 Å². The van der Waals surface area contributed by atoms with Crippen molar-refractivity contribution < 1.29 is 26.7 Å². The molecular formula is C19H21F2N3O4S. The zero-order valence-corrected chi connectivity index (χ0v) is 16.4. The standard InChI is InChI=1S/C19H21F2N3O4S/c20-15-4-3-5-16(14-15)29(26,27)24-11-9-23(10-12-24)19(25)22-8-13-28-18-7-2-1-6-17(18)21/h1-7,14H,8-13H2,(H,22,25). The van der Waals surface area contributed by atoms with Crippen molar-refractivity contribution in [3.63, 3.8) is 0 Å². The first-order valence-electron chi connectivity index (χ1n) is 9.04. The molecular weight excluding hydrogens is 404 g/mol. The molecule has 2 amide bonds. The highest BCUT2D eigenvalue weighted by molar-refractivity contribution is 7.89. The fraction of sp³-hybridized carbons (Fsp3) is 0.316. The lowest BCUT2D eigenvalue weighted by Crippen LogP contribution is -2.53. The fourth-order valence-electron chi connectivity index (χ4n) is 2.90. The van der Waals surface area contributed by atoms with Gasteiger partial charge in [-0.25, -0.2) is 22.0 Å². The van der Waals surface area contributed by atoms with Gasteiger partial charge < -0.3 is 15.0 Å². The molecule has 1 N–H and O–H groups in total. The highest BCUT2D eigenvalue weighted by Gasteiger charge is 2.30. The van der Waals surface area contributed by atoms with Gasteiger partial charge in [0.25, 0.3) is 0 Å². The van der Waals surface area contributed by atoms with E-state index in [1.807, 2.05) is 0 Å². The lowest BCUT2D eigenvalue weighted by Gasteiger charge is -2.34. The Labute approximate surface area is 167 Å². The van der Waals surface area contributed by atoms with Crippen molar-refractivity contribution in [3.05, 3.63) is 60.2 Å². The Hall–Kier alpha value is -2.72. The number of piperazine rings is 1. The highest BCUT2D eigenvalue weighted by Crippen LogP contribution is 2.18. The van der Waals surface area contributed by atoms with Gasteiger partial charge in [0.05, 0.1) is 11.4 Å². The van der Waals surface area contributed by atoms with E-state index in [0.29, 0.717) is 0 Å². The van der Waals surface area contributed by atoms with Crippen LogP contribution in [0.3, 0.4) is 0 Å². The van der Waals surface area contributed by atoms with Gasteiger partial charge in [0.15, 0.2) is 11.6 Å². The summed E-state index contributed by atoms with van der Waals surface area (Å²) in [5, 5.41) is 2.66. The molecule has 1 heterocycles. The Morgan fingerprint density at radius 2 is 1.76 bits per heavy atom. The molecule has 0 radical (unpaired) electrons. The number of hydrogen-bond acceptors (Lipinski definition) is 4. The number of rotatable bonds is 6. The van der Waals surface area contributed by atoms with Gasteiger partial charge in [-0.1, -0.05) is 18.2 Å². The number of nitrogens with zero attached hydrogens (tertiary/aromatic N) is 2. The first-order valence-corrected chi connectivity index (χ1v) is 10.5. The molecule has 0 aliphatic carbocycles. The third kappa shape index (κ3) is 5.21. The summed E-state index contributed by atoms with van der Waals surface area (Å²) in [6.45, 7) is 0.897. The molecule has 7 nitrogen and oxygen atoms in total. The minimum absolute atomic E-state index is 0.0978. The Bertz CT molecular complexity index is 963. The number of halogens is 2. The number of sulfonamides is 1. The van der Waals surface area contributed by atoms with Crippen LogP contribution >= 0.6 is 0 Å². The first kappa shape index (κ1) is 21.0. The Morgan fingerprint density at radius 3 is 2.45 bits per heavy atom. The summed E-state index contributed by atoms with van der Waals surface area (Å²) in [6.07, 6.45) is 0. The smallest absolute Gasteiger partial charge is 0.317 e. The molecule has 0 bridgehead atoms. The molecule has 0 spiro atoms. The predicted octanol–water partition coefficient (Wildman–Crippen LogP) is 2.06. The molecule has 2 aromatic rings. The summed E-state index contributed by atoms with van der Waals surface area (Å²) in [7, 11) is -3.81. The zero-order chi connectivity index (χ0) is 20.9. The second-order valence-electron chi connectivity index (χ2n) is 6.36. The summed E-state index contributed by atoms with van der Waals surface area (Å²) in [6, 6.07) is 10.5. The van der Waals surface area contributed by atoms with Crippen LogP contribution in [0.15, 0.2) is 53.4 Å². The van der Waals surface area contributed by atoms with Gasteiger partial charge in [-0.15, -0.1) is 0 Å². The Balaban J connectivity index is 1.45. The van der Waals surface area contributed by atoms with Crippen molar-refractivity contribution in [2.45, 2.75) is 4.90 Å². The summed E-state index contributed by atoms with van der Waals surface area (Å²) in [4.78, 5) is 13.6. The van der Waals surface area contributed by atoms with Crippen LogP contribution in [-0.2, 0) is 10.0 Å². The van der Waals surface area contributed by atoms with E-state index in [4.69, 9.17) is 4.74 Å². The molecule has 1 fully saturated rings. The van der Waals surface area contributed by atoms with E-state index in [1.165, 1.54) is 39.5 Å². The number of ether oxygens (including phenoxy) is 1. The Kier molecular flexibility index (Phi) is 6.65. The van der Waals surface area contributed by atoms with E-state index in [-0.39, 0.29) is 56.0 Å². The van der Waals surface area contributed by atoms with Crippen molar-refractivity contribution in [3.8, 4) is 5.75 Å². The first-order chi connectivity index (χ1) is 13.9. The molecule has 156 valence electrons. The van der Waals surface area contributed by atoms with Gasteiger partial charge in [0, 0.05) is 26.2 Å². The lowest BCUT2D eigenvalue weighted by molar-refractivity contribution is 0.170. The largest absolute Gasteiger partial charge is 0.489 e. The fourth-order valence-corrected chi connectivity index (χ4v) is 4.35. The van der Waals surface area contributed by atoms with Crippen LogP contribution in [-0.4, -0.2) is 63.0 Å². The topological polar surface area (TPSA) is 79.0 Å². The molecule has 0 atom stereocenters. The number of nitrogens with one attached hydrogen (secondary N) is 1. The minimum Gasteiger partial charge on any atom is -0.489 e. The average molecular weight is 425 g/mol. The van der Waals surface area contributed by atoms with E-state index < -0.39 is 21.7 Å². The van der Waals surface area contributed by atoms with E-state index >= 15 is 0 Å². The van der Waals surface area contributed by atoms with Gasteiger partial charge in [-0.3, -0.25) is 0 Å². The Morgan fingerprint density at radius 1 is 1.03 bits per heavy atom. The molecule has 1 aliphatic rings. The lowest BCUT2D eigenvalue weighted by atomic mass is 10.3. The van der Waals surface area contributed by atoms with Crippen LogP contribution in [0.1, 0.15) is 0 Å². The highest BCUT2D eigenvalue weighted by atomic mass is 32.2. The number of amides is 2. The van der Waals surface area contributed by atoms with Crippen molar-refractivity contribution in [1.82, 2.24) is 14.5 Å². The number of carbonyl (C=O) groups is 1. The third-order valence-electron chi connectivity index (χ3n) is 4.43. The van der Waals surface area contributed by atoms with Crippen molar-refractivity contribution in [1.29, 1.82) is 0 Å². The monoisotopic (exact) mass is 425 g/mol. The maximum absolute atomic E-state index is 13.4. The van der Waals surface area contributed by atoms with Gasteiger partial charge in [0.2, 0.25) is 10.0 Å². The molecule has 3 rings (SSSR count). The number of hydrogen-bond donors (Lipinski definition) is 1. The number of benzene rings is 2. The molecule has 1 aliphatic heterocycles. The van der Waals surface area contributed by atoms with Crippen LogP contribution in [0.4, 0.5) is 13.6 Å². The van der Waals surface area contributed by atoms with E-state index in [1.54, 1.807) is 12.1 Å². The van der Waals surface area contributed by atoms with Gasteiger partial charge in [-0.05, 0) is 30.3 Å². The van der Waals surface area contributed by atoms with Crippen molar-refractivity contribution >= 4 is 16.1 Å². The third-order valence-corrected chi connectivity index (χ3v) is 6.33. The summed E-state index contributed by atoms with van der Waals surface area (Å²) in [5.41, 5.74) is 0. The number of carbonyl (C=O) groups excluding carboxylic acids is 1. The zero-order valence-electron chi connectivity index (χ0n) is 15.6. The van der Waals surface area contributed by atoms with E-state index in [2.05, 4.69) is 5.32 Å². The molecule has 10 heteroatoms. The molecule has 0 aromatic heterocycles. The van der Waals surface area contributed by atoms with Crippen LogP contribution in [0.25, 0.3) is 0 Å². The van der Waals surface area contributed by atoms with Crippen LogP contribution < -0.4 is 10.1 Å². The van der Waals surface area contributed by atoms with E-state index in [0.717, 1.165) is 6.07 Å². The molecule has 2 aromatic carbocycles. The van der Waals surface area contributed by atoms with Crippen LogP contribution in [0.5, 0.6) is 5.75 Å². The predicted molar refractivity (Wildman–Crippen MR) is 102 cm³/mol. The van der Waals surface area contributed by atoms with E-state index in [9.17, 15) is 22.0 Å². The SMILES string of the molecule is O=C(NCCOc1ccccc1F)N1CCN(S(=O)(=O)c2cccc(F)c2)CC1. The summed E-state index contributed by atoms with van der Waals surface area (Å²) >= 11 is 0. The normalized spacial score (nSPS) is 15.2. The maximum atomic E-state index is 13.4. The molecule has 0 unspecified atom stereocenters. The number of para-hydroxylation sites is 1. The maximum Gasteiger partial charge on any atom is 0.317 e. The summed E-state index contributed by atoms with van der Waals surface area (Å²) < 4.78 is 58.4. The van der Waals surface area contributed by atoms with Gasteiger partial charge in [-0.2, -0.15) is 4.31 Å². The number of urea groups is 1. The van der Waals surface area contributed by atoms with Gasteiger partial charge in [0.1, 0.15) is 12.4 Å². The molecule has 1 saturated heterocycles. The molecule has 0 saturated carbocycles. The second-order valence-corrected chi connectivity index (χ2v) is 8.30. The minimum atomic E-state index is -3.81. The quantitative estimate of drug-likeness (QED) is 0.719. The van der Waals surface area contributed by atoms with Crippen LogP contribution in [0.2, 0.25) is 0 Å². The van der Waals surface area contributed by atoms with Gasteiger partial charge >= 0.3 is 6.03 Å².